The maximum atomic E-state index is 11.8. The van der Waals surface area contributed by atoms with Gasteiger partial charge in [0.2, 0.25) is 0 Å². The summed E-state index contributed by atoms with van der Waals surface area (Å²) in [7, 11) is 0. The molecule has 0 saturated carbocycles. The van der Waals surface area contributed by atoms with Gasteiger partial charge in [-0.25, -0.2) is 0 Å². The van der Waals surface area contributed by atoms with Crippen molar-refractivity contribution in [3.05, 3.63) is 22.4 Å². The summed E-state index contributed by atoms with van der Waals surface area (Å²) in [6.45, 7) is 3.95. The van der Waals surface area contributed by atoms with Gasteiger partial charge in [-0.05, 0) is 30.2 Å². The van der Waals surface area contributed by atoms with Crippen LogP contribution in [0, 0.1) is 5.92 Å². The quantitative estimate of drug-likeness (QED) is 0.620. The number of nitrogens with zero attached hydrogens (tertiary/aromatic N) is 2. The number of hydrogen-bond acceptors (Lipinski definition) is 4. The van der Waals surface area contributed by atoms with Crippen LogP contribution >= 0.6 is 11.3 Å². The van der Waals surface area contributed by atoms with Crippen molar-refractivity contribution in [3.8, 4) is 0 Å². The number of amides is 1. The van der Waals surface area contributed by atoms with Crippen LogP contribution < -0.4 is 0 Å². The highest BCUT2D eigenvalue weighted by atomic mass is 32.1. The van der Waals surface area contributed by atoms with Crippen molar-refractivity contribution in [2.24, 2.45) is 11.1 Å². The zero-order valence-electron chi connectivity index (χ0n) is 10.5. The fourth-order valence-electron chi connectivity index (χ4n) is 1.90. The third kappa shape index (κ3) is 3.84. The number of hydrogen-bond donors (Lipinski definition) is 0. The van der Waals surface area contributed by atoms with Crippen LogP contribution in [0.5, 0.6) is 0 Å². The molecule has 0 aliphatic carbocycles. The van der Waals surface area contributed by atoms with Crippen LogP contribution in [0.1, 0.15) is 24.6 Å². The predicted molar refractivity (Wildman–Crippen MR) is 72.8 cm³/mol. The number of oxime groups is 1. The predicted octanol–water partition coefficient (Wildman–Crippen LogP) is 2.36. The molecule has 18 heavy (non-hydrogen) atoms. The molecule has 0 spiro atoms. The molecule has 98 valence electrons. The normalized spacial score (nSPS) is 17.3. The third-order valence-corrected chi connectivity index (χ3v) is 3.93. The molecule has 1 aromatic heterocycles. The minimum absolute atomic E-state index is 0.0326. The smallest absolute Gasteiger partial charge is 0.263 e. The molecule has 1 fully saturated rings. The number of thiophene rings is 1. The molecule has 1 aromatic rings. The van der Waals surface area contributed by atoms with Gasteiger partial charge in [-0.2, -0.15) is 0 Å². The highest BCUT2D eigenvalue weighted by molar-refractivity contribution is 7.11. The van der Waals surface area contributed by atoms with Crippen LogP contribution in [-0.2, 0) is 9.63 Å². The molecule has 1 amide bonds. The van der Waals surface area contributed by atoms with Crippen LogP contribution in [0.4, 0.5) is 0 Å². The largest absolute Gasteiger partial charge is 0.386 e. The molecule has 1 aliphatic rings. The van der Waals surface area contributed by atoms with Crippen molar-refractivity contribution in [2.75, 3.05) is 19.7 Å². The van der Waals surface area contributed by atoms with E-state index >= 15 is 0 Å². The molecule has 1 saturated heterocycles. The Labute approximate surface area is 111 Å². The fourth-order valence-corrected chi connectivity index (χ4v) is 2.47. The molecule has 0 radical (unpaired) electrons. The van der Waals surface area contributed by atoms with Crippen LogP contribution in [-0.4, -0.2) is 36.7 Å². The number of likely N-dealkylation sites (tertiary alicyclic amines) is 1. The number of rotatable bonds is 4. The average Bonchev–Trinajstić information content (AvgIpc) is 2.88. The van der Waals surface area contributed by atoms with Crippen LogP contribution in [0.3, 0.4) is 0 Å². The minimum atomic E-state index is 0.0326. The van der Waals surface area contributed by atoms with Gasteiger partial charge in [-0.3, -0.25) is 4.79 Å². The Kier molecular flexibility index (Phi) is 4.75. The van der Waals surface area contributed by atoms with E-state index in [1.54, 1.807) is 17.6 Å². The Hall–Kier alpha value is -1.36. The summed E-state index contributed by atoms with van der Waals surface area (Å²) in [5.41, 5.74) is 0. The van der Waals surface area contributed by atoms with Crippen molar-refractivity contribution in [3.63, 3.8) is 0 Å². The zero-order valence-corrected chi connectivity index (χ0v) is 11.4. The lowest BCUT2D eigenvalue weighted by atomic mass is 9.99. The first-order valence-corrected chi connectivity index (χ1v) is 7.10. The van der Waals surface area contributed by atoms with Crippen LogP contribution in [0.25, 0.3) is 0 Å². The highest BCUT2D eigenvalue weighted by Crippen LogP contribution is 2.15. The topological polar surface area (TPSA) is 41.9 Å². The monoisotopic (exact) mass is 266 g/mol. The van der Waals surface area contributed by atoms with E-state index in [1.807, 2.05) is 22.4 Å². The van der Waals surface area contributed by atoms with E-state index in [1.165, 1.54) is 0 Å². The van der Waals surface area contributed by atoms with Gasteiger partial charge in [0.1, 0.15) is 0 Å². The first-order valence-electron chi connectivity index (χ1n) is 6.22. The summed E-state index contributed by atoms with van der Waals surface area (Å²) in [4.78, 5) is 19.7. The van der Waals surface area contributed by atoms with Gasteiger partial charge in [0.25, 0.3) is 5.91 Å². The average molecular weight is 266 g/mol. The molecule has 2 rings (SSSR count). The van der Waals surface area contributed by atoms with Crippen molar-refractivity contribution in [1.29, 1.82) is 0 Å². The molecule has 0 atom stereocenters. The standard InChI is InChI=1S/C13H18N2O2S/c1-11-4-6-15(7-5-11)13(16)10-17-14-9-12-3-2-8-18-12/h2-3,8-9,11H,4-7,10H2,1H3/b14-9+. The van der Waals surface area contributed by atoms with E-state index in [0.717, 1.165) is 36.7 Å². The van der Waals surface area contributed by atoms with E-state index in [-0.39, 0.29) is 12.5 Å². The first-order chi connectivity index (χ1) is 8.75. The van der Waals surface area contributed by atoms with Gasteiger partial charge in [-0.1, -0.05) is 18.1 Å². The van der Waals surface area contributed by atoms with E-state index in [0.29, 0.717) is 0 Å². The summed E-state index contributed by atoms with van der Waals surface area (Å²) in [5.74, 6) is 0.761. The van der Waals surface area contributed by atoms with Gasteiger partial charge in [0.05, 0.1) is 6.21 Å². The molecule has 0 N–H and O–H groups in total. The molecule has 0 bridgehead atoms. The molecular formula is C13H18N2O2S. The van der Waals surface area contributed by atoms with Gasteiger partial charge < -0.3 is 9.74 Å². The molecule has 2 heterocycles. The van der Waals surface area contributed by atoms with Crippen molar-refractivity contribution in [2.45, 2.75) is 19.8 Å². The first kappa shape index (κ1) is 13.1. The summed E-state index contributed by atoms with van der Waals surface area (Å²) in [5, 5.41) is 5.78. The van der Waals surface area contributed by atoms with E-state index in [2.05, 4.69) is 12.1 Å². The lowest BCUT2D eigenvalue weighted by Crippen LogP contribution is -2.39. The Balaban J connectivity index is 1.68. The van der Waals surface area contributed by atoms with E-state index in [4.69, 9.17) is 4.84 Å². The molecule has 4 nitrogen and oxygen atoms in total. The van der Waals surface area contributed by atoms with E-state index < -0.39 is 0 Å². The second kappa shape index (κ2) is 6.54. The maximum Gasteiger partial charge on any atom is 0.263 e. The third-order valence-electron chi connectivity index (χ3n) is 3.12. The van der Waals surface area contributed by atoms with Crippen molar-refractivity contribution >= 4 is 23.5 Å². The molecule has 0 aromatic carbocycles. The Morgan fingerprint density at radius 3 is 3.06 bits per heavy atom. The second-order valence-electron chi connectivity index (χ2n) is 4.59. The van der Waals surface area contributed by atoms with Crippen LogP contribution in [0.2, 0.25) is 0 Å². The maximum absolute atomic E-state index is 11.8. The minimum Gasteiger partial charge on any atom is -0.386 e. The Morgan fingerprint density at radius 2 is 2.39 bits per heavy atom. The van der Waals surface area contributed by atoms with Crippen molar-refractivity contribution < 1.29 is 9.63 Å². The second-order valence-corrected chi connectivity index (χ2v) is 5.57. The number of piperidine rings is 1. The SMILES string of the molecule is CC1CCN(C(=O)CO/N=C/c2cccs2)CC1. The molecule has 5 heteroatoms. The lowest BCUT2D eigenvalue weighted by molar-refractivity contribution is -0.137. The summed E-state index contributed by atoms with van der Waals surface area (Å²) in [6, 6.07) is 3.90. The summed E-state index contributed by atoms with van der Waals surface area (Å²) < 4.78 is 0. The van der Waals surface area contributed by atoms with Gasteiger partial charge in [0.15, 0.2) is 6.61 Å². The number of carbonyl (C=O) groups is 1. The highest BCUT2D eigenvalue weighted by Gasteiger charge is 2.20. The molecule has 0 unspecified atom stereocenters. The van der Waals surface area contributed by atoms with Gasteiger partial charge in [0, 0.05) is 18.0 Å². The Bertz CT molecular complexity index is 395. The van der Waals surface area contributed by atoms with Crippen molar-refractivity contribution in [1.82, 2.24) is 4.90 Å². The number of carbonyl (C=O) groups excluding carboxylic acids is 1. The zero-order chi connectivity index (χ0) is 12.8. The summed E-state index contributed by atoms with van der Waals surface area (Å²) >= 11 is 1.59. The van der Waals surface area contributed by atoms with Gasteiger partial charge in [-0.15, -0.1) is 11.3 Å². The molecule has 1 aliphatic heterocycles. The molecular weight excluding hydrogens is 248 g/mol. The lowest BCUT2D eigenvalue weighted by Gasteiger charge is -2.29. The van der Waals surface area contributed by atoms with E-state index in [9.17, 15) is 4.79 Å². The van der Waals surface area contributed by atoms with Crippen LogP contribution in [0.15, 0.2) is 22.7 Å². The Morgan fingerprint density at radius 1 is 1.61 bits per heavy atom. The van der Waals surface area contributed by atoms with Gasteiger partial charge >= 0.3 is 0 Å². The summed E-state index contributed by atoms with van der Waals surface area (Å²) in [6.07, 6.45) is 3.81. The fraction of sp³-hybridized carbons (Fsp3) is 0.538.